The number of rotatable bonds is 4. The molecule has 0 aromatic carbocycles. The van der Waals surface area contributed by atoms with Crippen molar-refractivity contribution in [2.24, 2.45) is 7.05 Å². The SMILES string of the molecule is Cn1nccc1S(=O)(=O)NCC(=O)N1CCCC1. The van der Waals surface area contributed by atoms with E-state index in [4.69, 9.17) is 0 Å². The molecule has 1 saturated heterocycles. The fourth-order valence-corrected chi connectivity index (χ4v) is 3.03. The van der Waals surface area contributed by atoms with E-state index in [1.54, 1.807) is 4.90 Å². The van der Waals surface area contributed by atoms with Crippen LogP contribution in [0.5, 0.6) is 0 Å². The maximum atomic E-state index is 11.9. The van der Waals surface area contributed by atoms with Gasteiger partial charge in [0.25, 0.3) is 10.0 Å². The average molecular weight is 272 g/mol. The van der Waals surface area contributed by atoms with Gasteiger partial charge in [-0.2, -0.15) is 5.10 Å². The first kappa shape index (κ1) is 13.0. The van der Waals surface area contributed by atoms with E-state index in [-0.39, 0.29) is 17.5 Å². The highest BCUT2D eigenvalue weighted by molar-refractivity contribution is 7.89. The van der Waals surface area contributed by atoms with Crippen LogP contribution in [0.4, 0.5) is 0 Å². The number of nitrogens with zero attached hydrogens (tertiary/aromatic N) is 3. The molecule has 1 aromatic rings. The van der Waals surface area contributed by atoms with Crippen molar-refractivity contribution in [2.75, 3.05) is 19.6 Å². The Balaban J connectivity index is 1.97. The van der Waals surface area contributed by atoms with Crippen LogP contribution < -0.4 is 4.72 Å². The van der Waals surface area contributed by atoms with Crippen LogP contribution in [0.3, 0.4) is 0 Å². The minimum Gasteiger partial charge on any atom is -0.342 e. The zero-order chi connectivity index (χ0) is 13.2. The summed E-state index contributed by atoms with van der Waals surface area (Å²) >= 11 is 0. The van der Waals surface area contributed by atoms with Gasteiger partial charge in [-0.1, -0.05) is 0 Å². The largest absolute Gasteiger partial charge is 0.342 e. The Morgan fingerprint density at radius 2 is 2.11 bits per heavy atom. The number of hydrogen-bond donors (Lipinski definition) is 1. The number of likely N-dealkylation sites (tertiary alicyclic amines) is 1. The number of carbonyl (C=O) groups excluding carboxylic acids is 1. The van der Waals surface area contributed by atoms with Crippen LogP contribution in [0.15, 0.2) is 17.3 Å². The topological polar surface area (TPSA) is 84.3 Å². The summed E-state index contributed by atoms with van der Waals surface area (Å²) in [6.45, 7) is 1.23. The zero-order valence-electron chi connectivity index (χ0n) is 10.2. The Bertz CT molecular complexity index is 531. The average Bonchev–Trinajstić information content (AvgIpc) is 2.96. The number of nitrogens with one attached hydrogen (secondary N) is 1. The number of aryl methyl sites for hydroxylation is 1. The molecular formula is C10H16N4O3S. The van der Waals surface area contributed by atoms with Gasteiger partial charge in [0, 0.05) is 20.1 Å². The van der Waals surface area contributed by atoms with Gasteiger partial charge in [-0.25, -0.2) is 13.1 Å². The summed E-state index contributed by atoms with van der Waals surface area (Å²) in [5.74, 6) is -0.182. The molecule has 1 fully saturated rings. The number of amides is 1. The third kappa shape index (κ3) is 2.70. The lowest BCUT2D eigenvalue weighted by Gasteiger charge is -2.15. The molecular weight excluding hydrogens is 256 g/mol. The second-order valence-electron chi connectivity index (χ2n) is 4.21. The van der Waals surface area contributed by atoms with Gasteiger partial charge in [-0.05, 0) is 18.9 Å². The summed E-state index contributed by atoms with van der Waals surface area (Å²) in [6.07, 6.45) is 3.37. The molecule has 18 heavy (non-hydrogen) atoms. The van der Waals surface area contributed by atoms with Crippen molar-refractivity contribution in [2.45, 2.75) is 17.9 Å². The lowest BCUT2D eigenvalue weighted by Crippen LogP contribution is -2.39. The van der Waals surface area contributed by atoms with E-state index in [1.165, 1.54) is 24.0 Å². The lowest BCUT2D eigenvalue weighted by atomic mass is 10.4. The summed E-state index contributed by atoms with van der Waals surface area (Å²) in [4.78, 5) is 13.4. The Kier molecular flexibility index (Phi) is 3.67. The quantitative estimate of drug-likeness (QED) is 0.787. The smallest absolute Gasteiger partial charge is 0.258 e. The third-order valence-corrected chi connectivity index (χ3v) is 4.40. The van der Waals surface area contributed by atoms with Crippen molar-refractivity contribution in [1.82, 2.24) is 19.4 Å². The first-order valence-corrected chi connectivity index (χ1v) is 7.24. The van der Waals surface area contributed by atoms with Crippen molar-refractivity contribution in [3.8, 4) is 0 Å². The van der Waals surface area contributed by atoms with Crippen LogP contribution in [0.25, 0.3) is 0 Å². The fourth-order valence-electron chi connectivity index (χ4n) is 1.93. The number of sulfonamides is 1. The van der Waals surface area contributed by atoms with Crippen LogP contribution in [-0.2, 0) is 21.9 Å². The van der Waals surface area contributed by atoms with Gasteiger partial charge in [0.2, 0.25) is 5.91 Å². The molecule has 1 N–H and O–H groups in total. The molecule has 2 rings (SSSR count). The number of aromatic nitrogens is 2. The monoisotopic (exact) mass is 272 g/mol. The third-order valence-electron chi connectivity index (χ3n) is 2.92. The van der Waals surface area contributed by atoms with E-state index in [0.29, 0.717) is 13.1 Å². The Labute approximate surface area is 106 Å². The Morgan fingerprint density at radius 3 is 2.67 bits per heavy atom. The van der Waals surface area contributed by atoms with Crippen LogP contribution in [-0.4, -0.2) is 48.6 Å². The Hall–Kier alpha value is -1.41. The summed E-state index contributed by atoms with van der Waals surface area (Å²) in [5.41, 5.74) is 0. The van der Waals surface area contributed by atoms with E-state index in [9.17, 15) is 13.2 Å². The molecule has 1 aromatic heterocycles. The van der Waals surface area contributed by atoms with Crippen molar-refractivity contribution in [3.05, 3.63) is 12.3 Å². The molecule has 0 aliphatic carbocycles. The highest BCUT2D eigenvalue weighted by Gasteiger charge is 2.22. The molecule has 0 saturated carbocycles. The molecule has 0 unspecified atom stereocenters. The predicted octanol–water partition coefficient (Wildman–Crippen LogP) is -0.679. The summed E-state index contributed by atoms with van der Waals surface area (Å²) < 4.78 is 27.3. The highest BCUT2D eigenvalue weighted by Crippen LogP contribution is 2.08. The molecule has 1 aliphatic rings. The van der Waals surface area contributed by atoms with Crippen LogP contribution in [0.1, 0.15) is 12.8 Å². The fraction of sp³-hybridized carbons (Fsp3) is 0.600. The second kappa shape index (κ2) is 5.07. The van der Waals surface area contributed by atoms with Gasteiger partial charge in [-0.15, -0.1) is 0 Å². The van der Waals surface area contributed by atoms with Crippen LogP contribution >= 0.6 is 0 Å². The first-order valence-electron chi connectivity index (χ1n) is 5.76. The van der Waals surface area contributed by atoms with E-state index < -0.39 is 10.0 Å². The van der Waals surface area contributed by atoms with Crippen LogP contribution in [0, 0.1) is 0 Å². The lowest BCUT2D eigenvalue weighted by molar-refractivity contribution is -0.128. The minimum absolute atomic E-state index is 0.0525. The second-order valence-corrected chi connectivity index (χ2v) is 5.92. The maximum absolute atomic E-state index is 11.9. The number of carbonyl (C=O) groups is 1. The zero-order valence-corrected chi connectivity index (χ0v) is 11.0. The summed E-state index contributed by atoms with van der Waals surface area (Å²) in [5, 5.41) is 3.84. The van der Waals surface area contributed by atoms with E-state index in [0.717, 1.165) is 12.8 Å². The van der Waals surface area contributed by atoms with Crippen molar-refractivity contribution >= 4 is 15.9 Å². The molecule has 7 nitrogen and oxygen atoms in total. The summed E-state index contributed by atoms with van der Waals surface area (Å²) in [6, 6.07) is 1.39. The van der Waals surface area contributed by atoms with Gasteiger partial charge < -0.3 is 4.90 Å². The van der Waals surface area contributed by atoms with Gasteiger partial charge in [0.1, 0.15) is 0 Å². The maximum Gasteiger partial charge on any atom is 0.258 e. The molecule has 8 heteroatoms. The summed E-state index contributed by atoms with van der Waals surface area (Å²) in [7, 11) is -2.13. The molecule has 0 atom stereocenters. The molecule has 1 amide bonds. The molecule has 1 aliphatic heterocycles. The minimum atomic E-state index is -3.67. The molecule has 0 spiro atoms. The highest BCUT2D eigenvalue weighted by atomic mass is 32.2. The van der Waals surface area contributed by atoms with E-state index in [1.807, 2.05) is 0 Å². The van der Waals surface area contributed by atoms with Crippen molar-refractivity contribution < 1.29 is 13.2 Å². The van der Waals surface area contributed by atoms with Crippen LogP contribution in [0.2, 0.25) is 0 Å². The normalized spacial score (nSPS) is 16.2. The van der Waals surface area contributed by atoms with Gasteiger partial charge in [-0.3, -0.25) is 9.48 Å². The Morgan fingerprint density at radius 1 is 1.44 bits per heavy atom. The van der Waals surface area contributed by atoms with Crippen molar-refractivity contribution in [1.29, 1.82) is 0 Å². The standard InChI is InChI=1S/C10H16N4O3S/c1-13-10(4-5-11-13)18(16,17)12-8-9(15)14-6-2-3-7-14/h4-5,12H,2-3,6-8H2,1H3. The molecule has 0 radical (unpaired) electrons. The first-order chi connectivity index (χ1) is 8.50. The predicted molar refractivity (Wildman–Crippen MR) is 64.2 cm³/mol. The number of hydrogen-bond acceptors (Lipinski definition) is 4. The van der Waals surface area contributed by atoms with Gasteiger partial charge >= 0.3 is 0 Å². The van der Waals surface area contributed by atoms with Gasteiger partial charge in [0.05, 0.1) is 12.7 Å². The molecule has 100 valence electrons. The van der Waals surface area contributed by atoms with E-state index in [2.05, 4.69) is 9.82 Å². The molecule has 0 bridgehead atoms. The molecule has 2 heterocycles. The van der Waals surface area contributed by atoms with E-state index >= 15 is 0 Å². The van der Waals surface area contributed by atoms with Gasteiger partial charge in [0.15, 0.2) is 5.03 Å². The van der Waals surface area contributed by atoms with Crippen molar-refractivity contribution in [3.63, 3.8) is 0 Å².